The lowest BCUT2D eigenvalue weighted by molar-refractivity contribution is -0.125. The Kier molecular flexibility index (Phi) is 5.35. The summed E-state index contributed by atoms with van der Waals surface area (Å²) in [6.07, 6.45) is -0.197. The van der Waals surface area contributed by atoms with Crippen LogP contribution in [0.4, 0.5) is 5.82 Å². The fourth-order valence-corrected chi connectivity index (χ4v) is 5.29. The zero-order valence-corrected chi connectivity index (χ0v) is 19.7. The number of carbonyl (C=O) groups is 2. The van der Waals surface area contributed by atoms with Crippen LogP contribution in [-0.2, 0) is 9.59 Å². The highest BCUT2D eigenvalue weighted by Crippen LogP contribution is 2.44. The maximum absolute atomic E-state index is 13.8. The Morgan fingerprint density at radius 3 is 2.46 bits per heavy atom. The topological polar surface area (TPSA) is 97.3 Å². The molecule has 0 spiro atoms. The van der Waals surface area contributed by atoms with Gasteiger partial charge in [0.25, 0.3) is 0 Å². The Bertz CT molecular complexity index is 1370. The first-order valence-electron chi connectivity index (χ1n) is 11.4. The molecular formula is C26H23N5O3S. The molecule has 35 heavy (non-hydrogen) atoms. The molecular weight excluding hydrogens is 462 g/mol. The van der Waals surface area contributed by atoms with Gasteiger partial charge in [-0.2, -0.15) is 5.10 Å². The van der Waals surface area contributed by atoms with Gasteiger partial charge in [0.1, 0.15) is 23.0 Å². The summed E-state index contributed by atoms with van der Waals surface area (Å²) in [5, 5.41) is 16.1. The number of para-hydroxylation sites is 2. The van der Waals surface area contributed by atoms with Gasteiger partial charge in [0, 0.05) is 29.7 Å². The Hall–Kier alpha value is -3.95. The number of ether oxygens (including phenoxy) is 1. The summed E-state index contributed by atoms with van der Waals surface area (Å²) in [5.74, 6) is 0.980. The third-order valence-electron chi connectivity index (χ3n) is 6.18. The molecule has 2 aromatic carbocycles. The van der Waals surface area contributed by atoms with E-state index in [1.54, 1.807) is 16.0 Å². The van der Waals surface area contributed by atoms with E-state index in [1.807, 2.05) is 79.0 Å². The first-order valence-corrected chi connectivity index (χ1v) is 12.3. The van der Waals surface area contributed by atoms with Crippen molar-refractivity contribution in [3.63, 3.8) is 0 Å². The molecule has 0 radical (unpaired) electrons. The van der Waals surface area contributed by atoms with Crippen molar-refractivity contribution in [3.05, 3.63) is 83.2 Å². The van der Waals surface area contributed by atoms with Gasteiger partial charge in [-0.3, -0.25) is 14.9 Å². The van der Waals surface area contributed by atoms with Crippen molar-refractivity contribution < 1.29 is 14.3 Å². The summed E-state index contributed by atoms with van der Waals surface area (Å²) in [4.78, 5) is 27.1. The van der Waals surface area contributed by atoms with Crippen molar-refractivity contribution in [1.29, 1.82) is 0 Å². The Labute approximate surface area is 205 Å². The van der Waals surface area contributed by atoms with Crippen molar-refractivity contribution >= 4 is 29.0 Å². The van der Waals surface area contributed by atoms with Crippen molar-refractivity contribution in [2.45, 2.75) is 31.6 Å². The van der Waals surface area contributed by atoms with Crippen LogP contribution in [-0.4, -0.2) is 27.6 Å². The molecule has 2 aliphatic heterocycles. The van der Waals surface area contributed by atoms with Gasteiger partial charge in [-0.15, -0.1) is 11.3 Å². The van der Waals surface area contributed by atoms with E-state index in [2.05, 4.69) is 16.0 Å². The predicted octanol–water partition coefficient (Wildman–Crippen LogP) is 4.44. The molecule has 1 fully saturated rings. The maximum Gasteiger partial charge on any atom is 0.237 e. The summed E-state index contributed by atoms with van der Waals surface area (Å²) in [6.45, 7) is 1.95. The fraction of sp³-hybridized carbons (Fsp3) is 0.192. The number of aromatic nitrogens is 2. The number of benzene rings is 2. The monoisotopic (exact) mass is 485 g/mol. The molecule has 2 unspecified atom stereocenters. The standard InChI is InChI=1S/C26H23N5O3S/c1-15-13-23(32)29-26(27-15)31-22(14-18(30-31)21-11-6-12-35-21)28-25(33)24-16-7-2-4-9-19(16)34-20-10-5-3-8-17(20)24/h2-12,14-15,24,26-27H,13H2,1H3,(H,28,33)(H,29,32). The third kappa shape index (κ3) is 3.98. The van der Waals surface area contributed by atoms with Crippen LogP contribution in [0.1, 0.15) is 36.7 Å². The number of anilines is 1. The van der Waals surface area contributed by atoms with Gasteiger partial charge >= 0.3 is 0 Å². The first-order chi connectivity index (χ1) is 17.1. The lowest BCUT2D eigenvalue weighted by Crippen LogP contribution is -2.52. The second kappa shape index (κ2) is 8.68. The van der Waals surface area contributed by atoms with Gasteiger partial charge in [0.15, 0.2) is 6.29 Å². The second-order valence-electron chi connectivity index (χ2n) is 8.68. The highest BCUT2D eigenvalue weighted by Gasteiger charge is 2.34. The van der Waals surface area contributed by atoms with Gasteiger partial charge in [0.2, 0.25) is 11.8 Å². The molecule has 8 nitrogen and oxygen atoms in total. The molecule has 0 saturated carbocycles. The molecule has 1 saturated heterocycles. The molecule has 0 bridgehead atoms. The van der Waals surface area contributed by atoms with Gasteiger partial charge in [0.05, 0.1) is 10.8 Å². The Balaban J connectivity index is 1.39. The van der Waals surface area contributed by atoms with E-state index in [0.29, 0.717) is 23.7 Å². The zero-order valence-electron chi connectivity index (χ0n) is 18.9. The van der Waals surface area contributed by atoms with Crippen LogP contribution in [0.5, 0.6) is 11.5 Å². The molecule has 4 heterocycles. The van der Waals surface area contributed by atoms with Crippen LogP contribution >= 0.6 is 11.3 Å². The number of nitrogens with one attached hydrogen (secondary N) is 3. The van der Waals surface area contributed by atoms with E-state index < -0.39 is 12.2 Å². The van der Waals surface area contributed by atoms with E-state index in [1.165, 1.54) is 0 Å². The SMILES string of the molecule is CC1CC(=O)NC(n2nc(-c3cccs3)cc2NC(=O)C2c3ccccc3Oc3ccccc32)N1. The molecule has 2 aromatic heterocycles. The summed E-state index contributed by atoms with van der Waals surface area (Å²) in [7, 11) is 0. The highest BCUT2D eigenvalue weighted by molar-refractivity contribution is 7.13. The van der Waals surface area contributed by atoms with E-state index in [4.69, 9.17) is 9.84 Å². The normalized spacial score (nSPS) is 19.3. The minimum atomic E-state index is -0.579. The number of thiophene rings is 1. The molecule has 2 amide bonds. The van der Waals surface area contributed by atoms with Crippen molar-refractivity contribution in [1.82, 2.24) is 20.4 Å². The molecule has 176 valence electrons. The van der Waals surface area contributed by atoms with Crippen LogP contribution in [0.25, 0.3) is 10.6 Å². The Morgan fingerprint density at radius 1 is 1.09 bits per heavy atom. The number of carbonyl (C=O) groups excluding carboxylic acids is 2. The van der Waals surface area contributed by atoms with Gasteiger partial charge in [-0.05, 0) is 30.5 Å². The van der Waals surface area contributed by atoms with Gasteiger partial charge in [-0.1, -0.05) is 42.5 Å². The number of rotatable bonds is 4. The number of nitrogens with zero attached hydrogens (tertiary/aromatic N) is 2. The lowest BCUT2D eigenvalue weighted by Gasteiger charge is -2.31. The molecule has 3 N–H and O–H groups in total. The van der Waals surface area contributed by atoms with Crippen molar-refractivity contribution in [2.24, 2.45) is 0 Å². The summed E-state index contributed by atoms with van der Waals surface area (Å²) < 4.78 is 7.69. The van der Waals surface area contributed by atoms with E-state index in [0.717, 1.165) is 21.7 Å². The average molecular weight is 486 g/mol. The summed E-state index contributed by atoms with van der Waals surface area (Å²) >= 11 is 1.56. The molecule has 4 aromatic rings. The van der Waals surface area contributed by atoms with Crippen molar-refractivity contribution in [3.8, 4) is 22.1 Å². The third-order valence-corrected chi connectivity index (χ3v) is 7.07. The quantitative estimate of drug-likeness (QED) is 0.397. The minimum Gasteiger partial charge on any atom is -0.457 e. The number of hydrogen-bond donors (Lipinski definition) is 3. The average Bonchev–Trinajstić information content (AvgIpc) is 3.52. The molecule has 2 aliphatic rings. The number of amides is 2. The minimum absolute atomic E-state index is 0.0269. The number of fused-ring (bicyclic) bond motifs is 2. The van der Waals surface area contributed by atoms with Crippen molar-refractivity contribution in [2.75, 3.05) is 5.32 Å². The summed E-state index contributed by atoms with van der Waals surface area (Å²) in [5.41, 5.74) is 2.31. The zero-order chi connectivity index (χ0) is 23.9. The van der Waals surface area contributed by atoms with Crippen LogP contribution in [0.2, 0.25) is 0 Å². The number of hydrogen-bond acceptors (Lipinski definition) is 6. The van der Waals surface area contributed by atoms with Crippen LogP contribution in [0, 0.1) is 0 Å². The maximum atomic E-state index is 13.8. The smallest absolute Gasteiger partial charge is 0.237 e. The van der Waals surface area contributed by atoms with Crippen LogP contribution in [0.3, 0.4) is 0 Å². The first kappa shape index (κ1) is 21.6. The Morgan fingerprint density at radius 2 is 1.80 bits per heavy atom. The summed E-state index contributed by atoms with van der Waals surface area (Å²) in [6, 6.07) is 20.9. The molecule has 2 atom stereocenters. The van der Waals surface area contributed by atoms with E-state index >= 15 is 0 Å². The van der Waals surface area contributed by atoms with Gasteiger partial charge < -0.3 is 15.4 Å². The lowest BCUT2D eigenvalue weighted by atomic mass is 9.87. The van der Waals surface area contributed by atoms with E-state index in [-0.39, 0.29) is 17.9 Å². The predicted molar refractivity (Wildman–Crippen MR) is 133 cm³/mol. The van der Waals surface area contributed by atoms with Crippen LogP contribution in [0.15, 0.2) is 72.1 Å². The van der Waals surface area contributed by atoms with Gasteiger partial charge in [-0.25, -0.2) is 4.68 Å². The highest BCUT2D eigenvalue weighted by atomic mass is 32.1. The second-order valence-corrected chi connectivity index (χ2v) is 9.63. The molecule has 0 aliphatic carbocycles. The van der Waals surface area contributed by atoms with E-state index in [9.17, 15) is 9.59 Å². The largest absolute Gasteiger partial charge is 0.457 e. The molecule has 9 heteroatoms. The fourth-order valence-electron chi connectivity index (χ4n) is 4.61. The van der Waals surface area contributed by atoms with Crippen LogP contribution < -0.4 is 20.7 Å². The molecule has 6 rings (SSSR count).